The second-order valence-corrected chi connectivity index (χ2v) is 13.9. The number of carbonyl (C=O) groups excluding carboxylic acids is 1. The summed E-state index contributed by atoms with van der Waals surface area (Å²) in [6, 6.07) is 13.0. The molecule has 3 aromatic rings. The Hall–Kier alpha value is -3.61. The summed E-state index contributed by atoms with van der Waals surface area (Å²) in [7, 11) is -4.49. The van der Waals surface area contributed by atoms with Gasteiger partial charge in [0, 0.05) is 23.2 Å². The minimum absolute atomic E-state index is 0.215. The van der Waals surface area contributed by atoms with Crippen LogP contribution in [0.1, 0.15) is 58.9 Å². The zero-order chi connectivity index (χ0) is 32.9. The van der Waals surface area contributed by atoms with E-state index in [0.717, 1.165) is 40.4 Å². The van der Waals surface area contributed by atoms with E-state index in [1.54, 1.807) is 26.0 Å². The van der Waals surface area contributed by atoms with Crippen LogP contribution < -0.4 is 20.9 Å². The molecule has 45 heavy (non-hydrogen) atoms. The quantitative estimate of drug-likeness (QED) is 0.218. The van der Waals surface area contributed by atoms with Gasteiger partial charge in [-0.25, -0.2) is 13.8 Å². The highest BCUT2D eigenvalue weighted by molar-refractivity contribution is 7.52. The summed E-state index contributed by atoms with van der Waals surface area (Å²) in [5.74, 6) is -0.500. The molecule has 0 saturated carbocycles. The molecule has 12 nitrogen and oxygen atoms in total. The zero-order valence-corrected chi connectivity index (χ0v) is 26.7. The van der Waals surface area contributed by atoms with Crippen LogP contribution in [-0.2, 0) is 28.8 Å². The fourth-order valence-electron chi connectivity index (χ4n) is 5.77. The molecule has 2 aliphatic rings. The Morgan fingerprint density at radius 1 is 1.11 bits per heavy atom. The van der Waals surface area contributed by atoms with Crippen LogP contribution in [0.2, 0.25) is 0 Å². The molecule has 5 rings (SSSR count). The molecule has 2 heterocycles. The average molecular weight is 646 g/mol. The van der Waals surface area contributed by atoms with Crippen molar-refractivity contribution in [2.45, 2.75) is 83.2 Å². The monoisotopic (exact) mass is 645 g/mol. The van der Waals surface area contributed by atoms with Crippen molar-refractivity contribution in [1.82, 2.24) is 14.6 Å². The van der Waals surface area contributed by atoms with Crippen LogP contribution in [-0.4, -0.2) is 57.3 Å². The van der Waals surface area contributed by atoms with Crippen LogP contribution >= 0.6 is 7.75 Å². The normalized spacial score (nSPS) is 25.3. The van der Waals surface area contributed by atoms with Crippen molar-refractivity contribution in [2.24, 2.45) is 0 Å². The predicted molar refractivity (Wildman–Crippen MR) is 163 cm³/mol. The summed E-state index contributed by atoms with van der Waals surface area (Å²) >= 11 is 0. The van der Waals surface area contributed by atoms with Crippen molar-refractivity contribution in [2.75, 3.05) is 6.61 Å². The lowest BCUT2D eigenvalue weighted by molar-refractivity contribution is -0.149. The van der Waals surface area contributed by atoms with Gasteiger partial charge in [-0.2, -0.15) is 5.09 Å². The smallest absolute Gasteiger partial charge is 0.459 e. The number of H-pyrrole nitrogens is 1. The molecule has 1 aliphatic heterocycles. The lowest BCUT2D eigenvalue weighted by atomic mass is 9.82. The summed E-state index contributed by atoms with van der Waals surface area (Å²) in [4.78, 5) is 38.6. The van der Waals surface area contributed by atoms with Crippen LogP contribution in [0, 0.1) is 0 Å². The molecule has 1 saturated heterocycles. The first-order valence-corrected chi connectivity index (χ1v) is 16.1. The zero-order valence-electron chi connectivity index (χ0n) is 25.8. The van der Waals surface area contributed by atoms with E-state index in [0.29, 0.717) is 5.56 Å². The van der Waals surface area contributed by atoms with E-state index < -0.39 is 67.8 Å². The first kappa shape index (κ1) is 32.8. The molecule has 2 aromatic carbocycles. The summed E-state index contributed by atoms with van der Waals surface area (Å²) in [6.45, 7) is 9.26. The number of halogens is 1. The highest BCUT2D eigenvalue weighted by atomic mass is 31.2. The first-order chi connectivity index (χ1) is 21.0. The van der Waals surface area contributed by atoms with Gasteiger partial charge >= 0.3 is 19.4 Å². The molecule has 0 amide bonds. The highest BCUT2D eigenvalue weighted by Gasteiger charge is 2.56. The maximum Gasteiger partial charge on any atom is 0.459 e. The van der Waals surface area contributed by atoms with Gasteiger partial charge in [-0.3, -0.25) is 23.7 Å². The van der Waals surface area contributed by atoms with E-state index in [-0.39, 0.29) is 11.2 Å². The van der Waals surface area contributed by atoms with Gasteiger partial charge < -0.3 is 19.1 Å². The maximum atomic E-state index is 15.8. The fraction of sp³-hybridized carbons (Fsp3) is 0.452. The number of rotatable bonds is 10. The number of nitrogens with zero attached hydrogens (tertiary/aromatic N) is 1. The number of ether oxygens (including phenoxy) is 2. The number of aromatic nitrogens is 2. The number of aliphatic hydroxyl groups excluding tert-OH is 1. The molecule has 3 N–H and O–H groups in total. The molecule has 0 bridgehead atoms. The molecule has 1 aliphatic carbocycles. The minimum Gasteiger partial charge on any atom is -0.462 e. The highest BCUT2D eigenvalue weighted by Crippen LogP contribution is 2.56. The largest absolute Gasteiger partial charge is 0.462 e. The number of hydrogen-bond donors (Lipinski definition) is 3. The summed E-state index contributed by atoms with van der Waals surface area (Å²) in [5, 5.41) is 13.5. The number of hydrogen-bond acceptors (Lipinski definition) is 9. The Morgan fingerprint density at radius 3 is 2.49 bits per heavy atom. The summed E-state index contributed by atoms with van der Waals surface area (Å²) in [5.41, 5.74) is -0.990. The average Bonchev–Trinajstić information content (AvgIpc) is 3.33. The van der Waals surface area contributed by atoms with Crippen LogP contribution in [0.15, 0.2) is 64.3 Å². The number of carbonyl (C=O) groups is 1. The second kappa shape index (κ2) is 12.0. The van der Waals surface area contributed by atoms with Gasteiger partial charge in [0.05, 0.1) is 12.7 Å². The molecular weight excluding hydrogens is 608 g/mol. The first-order valence-electron chi connectivity index (χ1n) is 14.5. The van der Waals surface area contributed by atoms with E-state index in [9.17, 15) is 24.1 Å². The number of alkyl halides is 1. The Bertz CT molecular complexity index is 1770. The van der Waals surface area contributed by atoms with E-state index in [1.807, 2.05) is 35.3 Å². The van der Waals surface area contributed by atoms with Crippen molar-refractivity contribution < 1.29 is 37.4 Å². The Kier molecular flexibility index (Phi) is 8.71. The standard InChI is InChI=1S/C31H37FN3O9P/c1-17(2)42-27(38)18(3)34-45(40,44-22-13-9-12-21-25(22)19-10-7-8-11-20(19)30(21,4)5)41-16-23-26(37)31(6,32)28(43-23)35-15-14-24(36)33-29(35)39/h7-15,17-18,23,26,28,37H,16H2,1-6H3,(H,34,40)(H,33,36,39)/t18-,23+,26+,28+,31+,45?/m0/s1. The van der Waals surface area contributed by atoms with Crippen molar-refractivity contribution in [3.8, 4) is 16.9 Å². The minimum atomic E-state index is -4.49. The van der Waals surface area contributed by atoms with Crippen LogP contribution in [0.4, 0.5) is 4.39 Å². The number of esters is 1. The van der Waals surface area contributed by atoms with Crippen molar-refractivity contribution in [1.29, 1.82) is 0 Å². The predicted octanol–water partition coefficient (Wildman–Crippen LogP) is 3.96. The molecule has 1 fully saturated rings. The van der Waals surface area contributed by atoms with Gasteiger partial charge in [-0.1, -0.05) is 50.2 Å². The van der Waals surface area contributed by atoms with Gasteiger partial charge in [-0.05, 0) is 50.5 Å². The third-order valence-electron chi connectivity index (χ3n) is 8.07. The lowest BCUT2D eigenvalue weighted by Gasteiger charge is -2.26. The molecule has 6 atom stereocenters. The third-order valence-corrected chi connectivity index (χ3v) is 9.70. The number of aliphatic hydroxyl groups is 1. The molecule has 0 spiro atoms. The van der Waals surface area contributed by atoms with Gasteiger partial charge in [0.2, 0.25) is 0 Å². The van der Waals surface area contributed by atoms with Crippen molar-refractivity contribution in [3.63, 3.8) is 0 Å². The van der Waals surface area contributed by atoms with Crippen LogP contribution in [0.25, 0.3) is 11.1 Å². The summed E-state index contributed by atoms with van der Waals surface area (Å²) < 4.78 is 53.8. The van der Waals surface area contributed by atoms with Gasteiger partial charge in [0.25, 0.3) is 5.56 Å². The molecular formula is C31H37FN3O9P. The Labute approximate surface area is 259 Å². The van der Waals surface area contributed by atoms with Crippen molar-refractivity contribution >= 4 is 13.7 Å². The molecule has 1 aromatic heterocycles. The van der Waals surface area contributed by atoms with E-state index in [1.165, 1.54) is 6.92 Å². The summed E-state index contributed by atoms with van der Waals surface area (Å²) in [6.07, 6.45) is -4.31. The molecule has 14 heteroatoms. The van der Waals surface area contributed by atoms with E-state index in [4.69, 9.17) is 18.5 Å². The number of benzene rings is 2. The van der Waals surface area contributed by atoms with Crippen molar-refractivity contribution in [3.05, 3.63) is 86.7 Å². The Balaban J connectivity index is 1.46. The fourth-order valence-corrected chi connectivity index (χ4v) is 7.29. The van der Waals surface area contributed by atoms with Crippen LogP contribution in [0.3, 0.4) is 0 Å². The number of nitrogens with one attached hydrogen (secondary N) is 2. The maximum absolute atomic E-state index is 15.8. The molecule has 0 radical (unpaired) electrons. The second-order valence-electron chi connectivity index (χ2n) is 12.2. The topological polar surface area (TPSA) is 158 Å². The molecule has 242 valence electrons. The number of fused-ring (bicyclic) bond motifs is 3. The van der Waals surface area contributed by atoms with Gasteiger partial charge in [0.15, 0.2) is 11.9 Å². The van der Waals surface area contributed by atoms with Crippen LogP contribution in [0.5, 0.6) is 5.75 Å². The molecule has 1 unspecified atom stereocenters. The lowest BCUT2D eigenvalue weighted by Crippen LogP contribution is -2.43. The number of aromatic amines is 1. The van der Waals surface area contributed by atoms with Gasteiger partial charge in [-0.15, -0.1) is 0 Å². The Morgan fingerprint density at radius 2 is 1.80 bits per heavy atom. The third kappa shape index (κ3) is 6.15. The SMILES string of the molecule is CC(C)OC(=O)[C@H](C)NP(=O)(OC[C@H]1O[C@@H](n2ccc(=O)[nH]c2=O)[C@](C)(F)[C@@H]1O)Oc1cccc2c1-c1ccccc1C2(C)C. The van der Waals surface area contributed by atoms with E-state index >= 15 is 4.39 Å². The van der Waals surface area contributed by atoms with Gasteiger partial charge in [0.1, 0.15) is 24.0 Å². The van der Waals surface area contributed by atoms with E-state index in [2.05, 4.69) is 18.9 Å².